The van der Waals surface area contributed by atoms with Crippen LogP contribution in [0.15, 0.2) is 32.8 Å². The van der Waals surface area contributed by atoms with Gasteiger partial charge in [-0.05, 0) is 37.5 Å². The molecule has 1 aromatic carbocycles. The number of halogens is 2. The number of aromatic hydroxyl groups is 1. The standard InChI is InChI=1S/C19H23Cl2N3O3/c1-3-4-9-23-17(25)15(18(26)24(19(23)27)10-5-8-20)12-22-16-11-14(21)7-6-13(16)2/h6-7,11-12,26H,3-5,8-10H2,1-2H3. The summed E-state index contributed by atoms with van der Waals surface area (Å²) in [6.45, 7) is 4.34. The molecular weight excluding hydrogens is 389 g/mol. The van der Waals surface area contributed by atoms with Crippen LogP contribution in [0.2, 0.25) is 5.02 Å². The van der Waals surface area contributed by atoms with Crippen LogP contribution < -0.4 is 11.2 Å². The number of alkyl halides is 1. The predicted molar refractivity (Wildman–Crippen MR) is 110 cm³/mol. The van der Waals surface area contributed by atoms with E-state index in [1.807, 2.05) is 19.9 Å². The first-order valence-corrected chi connectivity index (χ1v) is 9.74. The Morgan fingerprint density at radius 3 is 2.56 bits per heavy atom. The van der Waals surface area contributed by atoms with Crippen molar-refractivity contribution in [3.63, 3.8) is 0 Å². The summed E-state index contributed by atoms with van der Waals surface area (Å²) >= 11 is 11.7. The van der Waals surface area contributed by atoms with Crippen LogP contribution in [0.5, 0.6) is 5.88 Å². The number of benzene rings is 1. The Morgan fingerprint density at radius 2 is 1.89 bits per heavy atom. The Kier molecular flexibility index (Phi) is 7.68. The van der Waals surface area contributed by atoms with Crippen molar-refractivity contribution in [3.8, 4) is 5.88 Å². The molecule has 27 heavy (non-hydrogen) atoms. The zero-order valence-corrected chi connectivity index (χ0v) is 16.9. The van der Waals surface area contributed by atoms with E-state index in [2.05, 4.69) is 4.99 Å². The van der Waals surface area contributed by atoms with Gasteiger partial charge in [0.25, 0.3) is 5.56 Å². The molecule has 0 saturated carbocycles. The minimum absolute atomic E-state index is 0.0281. The zero-order valence-electron chi connectivity index (χ0n) is 15.4. The Morgan fingerprint density at radius 1 is 1.19 bits per heavy atom. The summed E-state index contributed by atoms with van der Waals surface area (Å²) < 4.78 is 2.31. The van der Waals surface area contributed by atoms with Crippen molar-refractivity contribution >= 4 is 35.1 Å². The third-order valence-electron chi connectivity index (χ3n) is 4.19. The molecule has 2 rings (SSSR count). The molecule has 0 saturated heterocycles. The molecule has 0 aliphatic rings. The first kappa shape index (κ1) is 21.3. The maximum atomic E-state index is 12.8. The maximum Gasteiger partial charge on any atom is 0.333 e. The Hall–Kier alpha value is -2.05. The monoisotopic (exact) mass is 411 g/mol. The number of aliphatic imine (C=N–C) groups is 1. The molecule has 0 aliphatic heterocycles. The van der Waals surface area contributed by atoms with E-state index in [1.54, 1.807) is 12.1 Å². The van der Waals surface area contributed by atoms with Gasteiger partial charge in [0.05, 0.1) is 5.69 Å². The normalized spacial score (nSPS) is 11.4. The number of hydrogen-bond donors (Lipinski definition) is 1. The lowest BCUT2D eigenvalue weighted by Crippen LogP contribution is -2.41. The van der Waals surface area contributed by atoms with Crippen molar-refractivity contribution < 1.29 is 5.11 Å². The third kappa shape index (κ3) is 5.02. The molecule has 0 aliphatic carbocycles. The highest BCUT2D eigenvalue weighted by Crippen LogP contribution is 2.23. The second kappa shape index (κ2) is 9.76. The molecule has 0 spiro atoms. The summed E-state index contributed by atoms with van der Waals surface area (Å²) in [5.41, 5.74) is 0.333. The fraction of sp³-hybridized carbons (Fsp3) is 0.421. The van der Waals surface area contributed by atoms with E-state index in [0.717, 1.165) is 16.6 Å². The van der Waals surface area contributed by atoms with Crippen molar-refractivity contribution in [2.24, 2.45) is 4.99 Å². The fourth-order valence-electron chi connectivity index (χ4n) is 2.61. The van der Waals surface area contributed by atoms with Crippen LogP contribution in [0.25, 0.3) is 0 Å². The highest BCUT2D eigenvalue weighted by Gasteiger charge is 2.17. The van der Waals surface area contributed by atoms with Gasteiger partial charge in [-0.3, -0.25) is 18.9 Å². The summed E-state index contributed by atoms with van der Waals surface area (Å²) in [6.07, 6.45) is 3.29. The lowest BCUT2D eigenvalue weighted by atomic mass is 10.2. The average Bonchev–Trinajstić information content (AvgIpc) is 2.64. The molecule has 8 heteroatoms. The summed E-state index contributed by atoms with van der Waals surface area (Å²) in [4.78, 5) is 29.7. The molecule has 2 aromatic rings. The molecule has 0 atom stereocenters. The minimum Gasteiger partial charge on any atom is -0.494 e. The Bertz CT molecular complexity index is 948. The lowest BCUT2D eigenvalue weighted by molar-refractivity contribution is 0.384. The van der Waals surface area contributed by atoms with Crippen molar-refractivity contribution in [1.29, 1.82) is 0 Å². The SMILES string of the molecule is CCCCn1c(=O)c(C=Nc2cc(Cl)ccc2C)c(O)n(CCCCl)c1=O. The van der Waals surface area contributed by atoms with Crippen molar-refractivity contribution in [2.45, 2.75) is 46.2 Å². The molecule has 0 bridgehead atoms. The Labute approximate surface area is 167 Å². The van der Waals surface area contributed by atoms with Crippen molar-refractivity contribution in [2.75, 3.05) is 5.88 Å². The van der Waals surface area contributed by atoms with E-state index in [-0.39, 0.29) is 18.7 Å². The quantitative estimate of drug-likeness (QED) is 0.529. The van der Waals surface area contributed by atoms with Crippen LogP contribution in [0.1, 0.15) is 37.3 Å². The smallest absolute Gasteiger partial charge is 0.333 e. The van der Waals surface area contributed by atoms with Crippen LogP contribution in [0.4, 0.5) is 5.69 Å². The second-order valence-corrected chi connectivity index (χ2v) is 7.03. The molecule has 1 aromatic heterocycles. The van der Waals surface area contributed by atoms with E-state index in [1.165, 1.54) is 10.8 Å². The fourth-order valence-corrected chi connectivity index (χ4v) is 2.90. The van der Waals surface area contributed by atoms with Gasteiger partial charge >= 0.3 is 5.69 Å². The van der Waals surface area contributed by atoms with Gasteiger partial charge in [0.1, 0.15) is 5.56 Å². The van der Waals surface area contributed by atoms with Gasteiger partial charge in [-0.25, -0.2) is 4.79 Å². The van der Waals surface area contributed by atoms with Gasteiger partial charge in [0.15, 0.2) is 0 Å². The first-order valence-electron chi connectivity index (χ1n) is 8.83. The van der Waals surface area contributed by atoms with Crippen molar-refractivity contribution in [1.82, 2.24) is 9.13 Å². The van der Waals surface area contributed by atoms with Gasteiger partial charge in [-0.1, -0.05) is 31.0 Å². The summed E-state index contributed by atoms with van der Waals surface area (Å²) in [6, 6.07) is 5.23. The minimum atomic E-state index is -0.559. The van der Waals surface area contributed by atoms with Crippen LogP contribution >= 0.6 is 23.2 Å². The number of nitrogens with zero attached hydrogens (tertiary/aromatic N) is 3. The van der Waals surface area contributed by atoms with E-state index in [0.29, 0.717) is 29.4 Å². The summed E-state index contributed by atoms with van der Waals surface area (Å²) in [5, 5.41) is 11.0. The van der Waals surface area contributed by atoms with E-state index in [9.17, 15) is 14.7 Å². The number of hydrogen-bond acceptors (Lipinski definition) is 4. The number of aromatic nitrogens is 2. The van der Waals surface area contributed by atoms with Gasteiger partial charge in [-0.15, -0.1) is 11.6 Å². The van der Waals surface area contributed by atoms with Crippen molar-refractivity contribution in [3.05, 3.63) is 55.2 Å². The van der Waals surface area contributed by atoms with Crippen LogP contribution in [0, 0.1) is 6.92 Å². The van der Waals surface area contributed by atoms with Crippen LogP contribution in [0.3, 0.4) is 0 Å². The van der Waals surface area contributed by atoms with Crippen LogP contribution in [-0.2, 0) is 13.1 Å². The van der Waals surface area contributed by atoms with Gasteiger partial charge < -0.3 is 5.11 Å². The summed E-state index contributed by atoms with van der Waals surface area (Å²) in [5.74, 6) is -0.0586. The largest absolute Gasteiger partial charge is 0.494 e. The molecular formula is C19H23Cl2N3O3. The number of aryl methyl sites for hydroxylation is 1. The third-order valence-corrected chi connectivity index (χ3v) is 4.69. The maximum absolute atomic E-state index is 12.8. The van der Waals surface area contributed by atoms with Gasteiger partial charge in [-0.2, -0.15) is 0 Å². The van der Waals surface area contributed by atoms with E-state index in [4.69, 9.17) is 23.2 Å². The topological polar surface area (TPSA) is 76.6 Å². The van der Waals surface area contributed by atoms with E-state index >= 15 is 0 Å². The predicted octanol–water partition coefficient (Wildman–Crippen LogP) is 3.86. The summed E-state index contributed by atoms with van der Waals surface area (Å²) in [7, 11) is 0. The molecule has 1 N–H and O–H groups in total. The molecule has 0 amide bonds. The number of rotatable bonds is 8. The van der Waals surface area contributed by atoms with Crippen LogP contribution in [-0.4, -0.2) is 26.3 Å². The molecule has 0 radical (unpaired) electrons. The van der Waals surface area contributed by atoms with Gasteiger partial charge in [0, 0.05) is 30.2 Å². The second-order valence-electron chi connectivity index (χ2n) is 6.21. The number of unbranched alkanes of at least 4 members (excludes halogenated alkanes) is 1. The first-order chi connectivity index (χ1) is 12.9. The molecule has 0 unspecified atom stereocenters. The highest BCUT2D eigenvalue weighted by atomic mass is 35.5. The van der Waals surface area contributed by atoms with Gasteiger partial charge in [0.2, 0.25) is 5.88 Å². The average molecular weight is 412 g/mol. The molecule has 146 valence electrons. The molecule has 6 nitrogen and oxygen atoms in total. The highest BCUT2D eigenvalue weighted by molar-refractivity contribution is 6.30. The Balaban J connectivity index is 2.59. The molecule has 0 fully saturated rings. The van der Waals surface area contributed by atoms with E-state index < -0.39 is 17.1 Å². The lowest BCUT2D eigenvalue weighted by Gasteiger charge is -2.13. The molecule has 1 heterocycles. The zero-order chi connectivity index (χ0) is 20.0.